The van der Waals surface area contributed by atoms with Gasteiger partial charge in [0, 0.05) is 35.9 Å². The lowest BCUT2D eigenvalue weighted by molar-refractivity contribution is -0.138. The van der Waals surface area contributed by atoms with Gasteiger partial charge in [0.05, 0.1) is 36.9 Å². The molecule has 1 atom stereocenters. The molecule has 0 radical (unpaired) electrons. The molecule has 2 aliphatic carbocycles. The molecule has 0 aromatic heterocycles. The molecule has 9 heteroatoms. The summed E-state index contributed by atoms with van der Waals surface area (Å²) in [7, 11) is 1.54. The maximum absolute atomic E-state index is 12.4. The molecular weight excluding hydrogens is 448 g/mol. The van der Waals surface area contributed by atoms with E-state index in [0.717, 1.165) is 12.8 Å². The Bertz CT molecular complexity index is 1100. The molecule has 3 aliphatic rings. The summed E-state index contributed by atoms with van der Waals surface area (Å²) < 4.78 is 11.0. The number of amides is 1. The minimum atomic E-state index is -0.976. The van der Waals surface area contributed by atoms with Crippen molar-refractivity contribution in [1.82, 2.24) is 10.2 Å². The first kappa shape index (κ1) is 22.9. The average molecular weight is 473 g/mol. The number of aliphatic carboxylic acids is 1. The summed E-state index contributed by atoms with van der Waals surface area (Å²) in [5, 5.41) is 12.5. The minimum Gasteiger partial charge on any atom is -0.493 e. The summed E-state index contributed by atoms with van der Waals surface area (Å²) in [6.07, 6.45) is 4.58. The number of ketones is 1. The van der Waals surface area contributed by atoms with Crippen molar-refractivity contribution in [3.05, 3.63) is 57.9 Å². The minimum absolute atomic E-state index is 0.0278. The topological polar surface area (TPSA) is 105 Å². The number of nitrogens with one attached hydrogen (secondary N) is 1. The Morgan fingerprint density at radius 1 is 1.30 bits per heavy atom. The van der Waals surface area contributed by atoms with Crippen molar-refractivity contribution in [1.29, 1.82) is 0 Å². The number of hydrogen-bond acceptors (Lipinski definition) is 6. The standard InChI is InChI=1S/C24H25ClN2O6/c1-3-33-21-8-14(6-7-20(21)32-2)18(10-22(29)30)27-11-15-16(12-27)23(25)19(28)9-17(15)26-24(31)13-4-5-13/h6-9,11,13,18H,3-5,10,12H2,1-2H3,(H,26,31)(H,29,30)/t18-/m1/s1. The highest BCUT2D eigenvalue weighted by Gasteiger charge is 2.37. The second-order valence-electron chi connectivity index (χ2n) is 8.15. The van der Waals surface area contributed by atoms with Gasteiger partial charge in [0.1, 0.15) is 0 Å². The number of fused-ring (bicyclic) bond motifs is 1. The van der Waals surface area contributed by atoms with Gasteiger partial charge in [0.25, 0.3) is 0 Å². The van der Waals surface area contributed by atoms with Crippen molar-refractivity contribution >= 4 is 29.3 Å². The Morgan fingerprint density at radius 3 is 2.70 bits per heavy atom. The number of allylic oxidation sites excluding steroid dienone is 3. The molecule has 0 bridgehead atoms. The van der Waals surface area contributed by atoms with Gasteiger partial charge in [-0.15, -0.1) is 0 Å². The second-order valence-corrected chi connectivity index (χ2v) is 8.53. The summed E-state index contributed by atoms with van der Waals surface area (Å²) in [5.41, 5.74) is 2.32. The first-order chi connectivity index (χ1) is 15.8. The third-order valence-electron chi connectivity index (χ3n) is 5.85. The molecule has 2 N–H and O–H groups in total. The van der Waals surface area contributed by atoms with Crippen molar-refractivity contribution in [2.45, 2.75) is 32.2 Å². The lowest BCUT2D eigenvalue weighted by Crippen LogP contribution is -2.28. The van der Waals surface area contributed by atoms with Crippen LogP contribution in [0.25, 0.3) is 0 Å². The summed E-state index contributed by atoms with van der Waals surface area (Å²) in [6, 6.07) is 4.74. The molecule has 1 aliphatic heterocycles. The maximum atomic E-state index is 12.4. The van der Waals surface area contributed by atoms with Crippen LogP contribution in [0.1, 0.15) is 37.8 Å². The molecule has 1 aromatic carbocycles. The maximum Gasteiger partial charge on any atom is 0.305 e. The largest absolute Gasteiger partial charge is 0.493 e. The number of carboxylic acids is 1. The number of carbonyl (C=O) groups is 3. The van der Waals surface area contributed by atoms with Crippen LogP contribution in [0.15, 0.2) is 52.4 Å². The highest BCUT2D eigenvalue weighted by Crippen LogP contribution is 2.41. The molecule has 0 unspecified atom stereocenters. The van der Waals surface area contributed by atoms with Gasteiger partial charge in [-0.2, -0.15) is 0 Å². The molecule has 4 rings (SSSR count). The monoisotopic (exact) mass is 472 g/mol. The molecular formula is C24H25ClN2O6. The molecule has 174 valence electrons. The van der Waals surface area contributed by atoms with Gasteiger partial charge in [0.2, 0.25) is 5.91 Å². The molecule has 1 fully saturated rings. The van der Waals surface area contributed by atoms with Crippen LogP contribution in [0.4, 0.5) is 0 Å². The van der Waals surface area contributed by atoms with E-state index in [1.807, 2.05) is 11.8 Å². The molecule has 0 spiro atoms. The van der Waals surface area contributed by atoms with E-state index in [2.05, 4.69) is 5.32 Å². The summed E-state index contributed by atoms with van der Waals surface area (Å²) in [6.45, 7) is 2.52. The van der Waals surface area contributed by atoms with Crippen molar-refractivity contribution in [3.8, 4) is 11.5 Å². The van der Waals surface area contributed by atoms with Crippen LogP contribution < -0.4 is 14.8 Å². The molecule has 1 heterocycles. The van der Waals surface area contributed by atoms with Crippen LogP contribution in [0.5, 0.6) is 11.5 Å². The molecule has 0 saturated heterocycles. The first-order valence-electron chi connectivity index (χ1n) is 10.8. The Kier molecular flexibility index (Phi) is 6.47. The Labute approximate surface area is 196 Å². The number of methoxy groups -OCH3 is 1. The zero-order valence-corrected chi connectivity index (χ0v) is 19.1. The smallest absolute Gasteiger partial charge is 0.305 e. The Balaban J connectivity index is 1.69. The van der Waals surface area contributed by atoms with Crippen LogP contribution in [-0.2, 0) is 14.4 Å². The predicted octanol–water partition coefficient (Wildman–Crippen LogP) is 3.29. The third-order valence-corrected chi connectivity index (χ3v) is 6.27. The highest BCUT2D eigenvalue weighted by molar-refractivity contribution is 6.45. The fourth-order valence-electron chi connectivity index (χ4n) is 4.04. The number of hydrogen-bond donors (Lipinski definition) is 2. The van der Waals surface area contributed by atoms with Gasteiger partial charge in [-0.25, -0.2) is 0 Å². The number of ether oxygens (including phenoxy) is 2. The van der Waals surface area contributed by atoms with Crippen molar-refractivity contribution < 1.29 is 29.0 Å². The number of rotatable bonds is 9. The van der Waals surface area contributed by atoms with Gasteiger partial charge in [-0.05, 0) is 37.5 Å². The molecule has 33 heavy (non-hydrogen) atoms. The van der Waals surface area contributed by atoms with Crippen LogP contribution in [-0.4, -0.2) is 47.9 Å². The van der Waals surface area contributed by atoms with Gasteiger partial charge in [-0.3, -0.25) is 14.4 Å². The zero-order chi connectivity index (χ0) is 23.7. The van der Waals surface area contributed by atoms with Gasteiger partial charge >= 0.3 is 5.97 Å². The van der Waals surface area contributed by atoms with Crippen molar-refractivity contribution in [3.63, 3.8) is 0 Å². The lowest BCUT2D eigenvalue weighted by atomic mass is 9.97. The van der Waals surface area contributed by atoms with E-state index in [1.165, 1.54) is 13.2 Å². The average Bonchev–Trinajstić information content (AvgIpc) is 3.54. The fourth-order valence-corrected chi connectivity index (χ4v) is 4.26. The quantitative estimate of drug-likeness (QED) is 0.568. The molecule has 1 saturated carbocycles. The molecule has 8 nitrogen and oxygen atoms in total. The summed E-state index contributed by atoms with van der Waals surface area (Å²) >= 11 is 6.33. The van der Waals surface area contributed by atoms with Gasteiger partial charge in [-0.1, -0.05) is 17.7 Å². The first-order valence-corrected chi connectivity index (χ1v) is 11.2. The highest BCUT2D eigenvalue weighted by atomic mass is 35.5. The zero-order valence-electron chi connectivity index (χ0n) is 18.4. The Morgan fingerprint density at radius 2 is 2.06 bits per heavy atom. The van der Waals surface area contributed by atoms with Crippen LogP contribution in [0.3, 0.4) is 0 Å². The fraction of sp³-hybridized carbons (Fsp3) is 0.375. The van der Waals surface area contributed by atoms with Gasteiger partial charge < -0.3 is 24.8 Å². The number of nitrogens with zero attached hydrogens (tertiary/aromatic N) is 1. The molecule has 1 amide bonds. The van der Waals surface area contributed by atoms with E-state index >= 15 is 0 Å². The predicted molar refractivity (Wildman–Crippen MR) is 121 cm³/mol. The van der Waals surface area contributed by atoms with Crippen LogP contribution in [0.2, 0.25) is 0 Å². The van der Waals surface area contributed by atoms with Crippen molar-refractivity contribution in [2.24, 2.45) is 5.92 Å². The van der Waals surface area contributed by atoms with E-state index in [4.69, 9.17) is 21.1 Å². The number of halogens is 1. The normalized spacial score (nSPS) is 18.4. The molecule has 1 aromatic rings. The summed E-state index contributed by atoms with van der Waals surface area (Å²) in [5.74, 6) is -0.440. The SMILES string of the molecule is CCOc1cc([C@@H](CC(=O)O)N2C=C3C(NC(=O)C4CC4)=CC(=O)C(Cl)=C3C2)ccc1OC. The van der Waals surface area contributed by atoms with Crippen LogP contribution in [0, 0.1) is 5.92 Å². The van der Waals surface area contributed by atoms with Crippen LogP contribution >= 0.6 is 11.6 Å². The number of carbonyl (C=O) groups excluding carboxylic acids is 2. The van der Waals surface area contributed by atoms with E-state index in [-0.39, 0.29) is 35.6 Å². The van der Waals surface area contributed by atoms with E-state index in [0.29, 0.717) is 40.5 Å². The van der Waals surface area contributed by atoms with Gasteiger partial charge in [0.15, 0.2) is 17.3 Å². The lowest BCUT2D eigenvalue weighted by Gasteiger charge is -2.28. The Hall–Kier alpha value is -3.26. The van der Waals surface area contributed by atoms with Crippen molar-refractivity contribution in [2.75, 3.05) is 20.3 Å². The number of carboxylic acid groups (broad SMARTS) is 1. The summed E-state index contributed by atoms with van der Waals surface area (Å²) in [4.78, 5) is 38.3. The van der Waals surface area contributed by atoms with E-state index < -0.39 is 12.0 Å². The van der Waals surface area contributed by atoms with E-state index in [9.17, 15) is 19.5 Å². The third kappa shape index (κ3) is 4.75. The second kappa shape index (κ2) is 9.31. The van der Waals surface area contributed by atoms with E-state index in [1.54, 1.807) is 24.4 Å². The number of benzene rings is 1.